The molecule has 0 spiro atoms. The van der Waals surface area contributed by atoms with Crippen molar-refractivity contribution >= 4 is 28.3 Å². The lowest BCUT2D eigenvalue weighted by molar-refractivity contribution is 0.0958. The fraction of sp³-hybridized carbons (Fsp3) is 0.0625. The summed E-state index contributed by atoms with van der Waals surface area (Å²) in [7, 11) is 1.55. The summed E-state index contributed by atoms with van der Waals surface area (Å²) >= 11 is 5.92. The third kappa shape index (κ3) is 2.51. The summed E-state index contributed by atoms with van der Waals surface area (Å²) < 4.78 is 13.4. The van der Waals surface area contributed by atoms with Gasteiger partial charge in [-0.3, -0.25) is 14.8 Å². The Balaban J connectivity index is 2.03. The van der Waals surface area contributed by atoms with Gasteiger partial charge in [0.2, 0.25) is 0 Å². The average molecular weight is 316 g/mol. The van der Waals surface area contributed by atoms with Gasteiger partial charge in [0.15, 0.2) is 0 Å². The molecule has 2 heterocycles. The second-order valence-corrected chi connectivity index (χ2v) is 5.04. The molecule has 1 N–H and O–H groups in total. The lowest BCUT2D eigenvalue weighted by Gasteiger charge is -2.06. The number of hydrogen-bond acceptors (Lipinski definition) is 3. The van der Waals surface area contributed by atoms with Crippen LogP contribution in [0.5, 0.6) is 0 Å². The standard InChI is InChI=1S/C16H11ClFN3O/c1-19-16(22)13-5-3-10(7-20-13)14-6-9-2-4-12(18)15(17)11(9)8-21-14/h2-8H,1H3,(H,19,22). The zero-order valence-electron chi connectivity index (χ0n) is 11.6. The number of carbonyl (C=O) groups excluding carboxylic acids is 1. The van der Waals surface area contributed by atoms with Gasteiger partial charge in [0.05, 0.1) is 10.7 Å². The summed E-state index contributed by atoms with van der Waals surface area (Å²) in [6.07, 6.45) is 3.10. The fourth-order valence-corrected chi connectivity index (χ4v) is 2.34. The van der Waals surface area contributed by atoms with Gasteiger partial charge in [-0.15, -0.1) is 0 Å². The molecule has 0 saturated heterocycles. The maximum atomic E-state index is 13.4. The third-order valence-corrected chi connectivity index (χ3v) is 3.69. The van der Waals surface area contributed by atoms with Gasteiger partial charge >= 0.3 is 0 Å². The first-order chi connectivity index (χ1) is 10.6. The molecule has 110 valence electrons. The second kappa shape index (κ2) is 5.69. The normalized spacial score (nSPS) is 10.7. The van der Waals surface area contributed by atoms with Gasteiger partial charge < -0.3 is 5.32 Å². The predicted molar refractivity (Wildman–Crippen MR) is 83.3 cm³/mol. The summed E-state index contributed by atoms with van der Waals surface area (Å²) in [6, 6.07) is 8.15. The molecule has 1 aromatic carbocycles. The van der Waals surface area contributed by atoms with Crippen molar-refractivity contribution in [1.82, 2.24) is 15.3 Å². The smallest absolute Gasteiger partial charge is 0.269 e. The van der Waals surface area contributed by atoms with E-state index in [9.17, 15) is 9.18 Å². The molecule has 0 aliphatic rings. The molecular weight excluding hydrogens is 305 g/mol. The van der Waals surface area contributed by atoms with E-state index in [-0.39, 0.29) is 10.9 Å². The van der Waals surface area contributed by atoms with Crippen molar-refractivity contribution in [3.63, 3.8) is 0 Å². The number of halogens is 2. The summed E-state index contributed by atoms with van der Waals surface area (Å²) in [5, 5.41) is 3.91. The predicted octanol–water partition coefficient (Wildman–Crippen LogP) is 3.45. The van der Waals surface area contributed by atoms with E-state index in [4.69, 9.17) is 11.6 Å². The zero-order valence-corrected chi connectivity index (χ0v) is 12.4. The van der Waals surface area contributed by atoms with Crippen molar-refractivity contribution in [2.24, 2.45) is 0 Å². The summed E-state index contributed by atoms with van der Waals surface area (Å²) in [6.45, 7) is 0. The first-order valence-corrected chi connectivity index (χ1v) is 6.90. The summed E-state index contributed by atoms with van der Waals surface area (Å²) in [5.74, 6) is -0.722. The minimum Gasteiger partial charge on any atom is -0.354 e. The quantitative estimate of drug-likeness (QED) is 0.788. The number of fused-ring (bicyclic) bond motifs is 1. The highest BCUT2D eigenvalue weighted by Crippen LogP contribution is 2.28. The minimum atomic E-state index is -0.472. The van der Waals surface area contributed by atoms with Gasteiger partial charge in [-0.2, -0.15) is 0 Å². The number of hydrogen-bond donors (Lipinski definition) is 1. The van der Waals surface area contributed by atoms with Gasteiger partial charge in [-0.25, -0.2) is 4.39 Å². The van der Waals surface area contributed by atoms with Crippen LogP contribution in [-0.4, -0.2) is 22.9 Å². The van der Waals surface area contributed by atoms with Crippen LogP contribution in [0.4, 0.5) is 4.39 Å². The molecule has 6 heteroatoms. The summed E-state index contributed by atoms with van der Waals surface area (Å²) in [5.41, 5.74) is 1.76. The number of nitrogens with zero attached hydrogens (tertiary/aromatic N) is 2. The van der Waals surface area contributed by atoms with Crippen LogP contribution in [0, 0.1) is 5.82 Å². The molecule has 22 heavy (non-hydrogen) atoms. The number of rotatable bonds is 2. The van der Waals surface area contributed by atoms with Gasteiger partial charge in [0.25, 0.3) is 5.91 Å². The van der Waals surface area contributed by atoms with Crippen molar-refractivity contribution in [1.29, 1.82) is 0 Å². The lowest BCUT2D eigenvalue weighted by Crippen LogP contribution is -2.18. The van der Waals surface area contributed by atoms with E-state index in [0.717, 1.165) is 10.9 Å². The molecule has 1 amide bonds. The van der Waals surface area contributed by atoms with Crippen molar-refractivity contribution in [2.75, 3.05) is 7.05 Å². The topological polar surface area (TPSA) is 54.9 Å². The van der Waals surface area contributed by atoms with Crippen LogP contribution < -0.4 is 5.32 Å². The van der Waals surface area contributed by atoms with Crippen LogP contribution in [0.15, 0.2) is 42.7 Å². The van der Waals surface area contributed by atoms with Gasteiger partial charge in [0.1, 0.15) is 11.5 Å². The maximum absolute atomic E-state index is 13.4. The Morgan fingerprint density at radius 3 is 2.68 bits per heavy atom. The van der Waals surface area contributed by atoms with Gasteiger partial charge in [0, 0.05) is 30.4 Å². The van der Waals surface area contributed by atoms with Crippen LogP contribution in [0.25, 0.3) is 22.0 Å². The average Bonchev–Trinajstić information content (AvgIpc) is 2.57. The number of carbonyl (C=O) groups is 1. The Morgan fingerprint density at radius 1 is 1.18 bits per heavy atom. The van der Waals surface area contributed by atoms with E-state index in [1.165, 1.54) is 12.3 Å². The molecule has 0 atom stereocenters. The van der Waals surface area contributed by atoms with E-state index in [1.807, 2.05) is 0 Å². The molecule has 0 aliphatic carbocycles. The molecular formula is C16H11ClFN3O. The lowest BCUT2D eigenvalue weighted by atomic mass is 10.1. The Labute approximate surface area is 131 Å². The van der Waals surface area contributed by atoms with Gasteiger partial charge in [-0.05, 0) is 29.7 Å². The molecule has 0 aliphatic heterocycles. The highest BCUT2D eigenvalue weighted by atomic mass is 35.5. The minimum absolute atomic E-state index is 0.0599. The van der Waals surface area contributed by atoms with Crippen molar-refractivity contribution in [2.45, 2.75) is 0 Å². The van der Waals surface area contributed by atoms with E-state index in [1.54, 1.807) is 37.5 Å². The van der Waals surface area contributed by atoms with Crippen LogP contribution in [-0.2, 0) is 0 Å². The van der Waals surface area contributed by atoms with E-state index in [2.05, 4.69) is 15.3 Å². The molecule has 3 rings (SSSR count). The highest BCUT2D eigenvalue weighted by molar-refractivity contribution is 6.35. The van der Waals surface area contributed by atoms with Gasteiger partial charge in [-0.1, -0.05) is 17.7 Å². The highest BCUT2D eigenvalue weighted by Gasteiger charge is 2.09. The number of benzene rings is 1. The second-order valence-electron chi connectivity index (χ2n) is 4.66. The van der Waals surface area contributed by atoms with Crippen LogP contribution >= 0.6 is 11.6 Å². The molecule has 0 fully saturated rings. The molecule has 0 saturated carbocycles. The number of amides is 1. The number of pyridine rings is 2. The van der Waals surface area contributed by atoms with Crippen molar-refractivity contribution < 1.29 is 9.18 Å². The Bertz CT molecular complexity index is 865. The first kappa shape index (κ1) is 14.4. The molecule has 4 nitrogen and oxygen atoms in total. The van der Waals surface area contributed by atoms with Crippen molar-refractivity contribution in [3.05, 3.63) is 59.3 Å². The first-order valence-electron chi connectivity index (χ1n) is 6.52. The zero-order chi connectivity index (χ0) is 15.7. The number of nitrogens with one attached hydrogen (secondary N) is 1. The van der Waals surface area contributed by atoms with E-state index in [0.29, 0.717) is 16.8 Å². The Hall–Kier alpha value is -2.53. The SMILES string of the molecule is CNC(=O)c1ccc(-c2cc3ccc(F)c(Cl)c3cn2)cn1. The third-order valence-electron chi connectivity index (χ3n) is 3.31. The monoisotopic (exact) mass is 315 g/mol. The molecule has 0 bridgehead atoms. The molecule has 2 aromatic heterocycles. The molecule has 0 radical (unpaired) electrons. The summed E-state index contributed by atoms with van der Waals surface area (Å²) in [4.78, 5) is 19.8. The van der Waals surface area contributed by atoms with E-state index >= 15 is 0 Å². The number of aromatic nitrogens is 2. The van der Waals surface area contributed by atoms with Crippen molar-refractivity contribution in [3.8, 4) is 11.3 Å². The molecule has 0 unspecified atom stereocenters. The largest absolute Gasteiger partial charge is 0.354 e. The maximum Gasteiger partial charge on any atom is 0.269 e. The van der Waals surface area contributed by atoms with Crippen LogP contribution in [0.3, 0.4) is 0 Å². The Morgan fingerprint density at radius 2 is 2.00 bits per heavy atom. The fourth-order valence-electron chi connectivity index (χ4n) is 2.12. The molecule has 3 aromatic rings. The van der Waals surface area contributed by atoms with Crippen LogP contribution in [0.2, 0.25) is 5.02 Å². The Kier molecular flexibility index (Phi) is 3.73. The van der Waals surface area contributed by atoms with Crippen LogP contribution in [0.1, 0.15) is 10.5 Å². The van der Waals surface area contributed by atoms with E-state index < -0.39 is 5.82 Å².